The van der Waals surface area contributed by atoms with Crippen LogP contribution in [0.4, 0.5) is 4.79 Å². The van der Waals surface area contributed by atoms with Gasteiger partial charge >= 0.3 is 0 Å². The Morgan fingerprint density at radius 2 is 1.88 bits per heavy atom. The zero-order valence-corrected chi connectivity index (χ0v) is 19.3. The molecule has 2 aromatic rings. The lowest BCUT2D eigenvalue weighted by Crippen LogP contribution is -2.27. The first kappa shape index (κ1) is 22.4. The van der Waals surface area contributed by atoms with Crippen molar-refractivity contribution in [3.63, 3.8) is 0 Å². The number of halogens is 1. The minimum atomic E-state index is -0.377. The van der Waals surface area contributed by atoms with Gasteiger partial charge in [-0.05, 0) is 60.5 Å². The molecule has 0 N–H and O–H groups in total. The molecule has 0 spiro atoms. The van der Waals surface area contributed by atoms with Crippen molar-refractivity contribution in [1.82, 2.24) is 4.90 Å². The highest BCUT2D eigenvalue weighted by Crippen LogP contribution is 2.40. The Balaban J connectivity index is 1.54. The predicted octanol–water partition coefficient (Wildman–Crippen LogP) is 5.49. The van der Waals surface area contributed by atoms with Crippen LogP contribution in [0.1, 0.15) is 31.4 Å². The van der Waals surface area contributed by atoms with Crippen molar-refractivity contribution in [3.8, 4) is 23.0 Å². The number of benzene rings is 2. The van der Waals surface area contributed by atoms with E-state index in [0.717, 1.165) is 23.7 Å². The molecule has 2 amide bonds. The first-order valence-corrected chi connectivity index (χ1v) is 11.4. The number of carbonyl (C=O) groups is 2. The standard InChI is InChI=1S/C23H22ClNO6S/c1-3-7-29-17-6-5-14(8-18(17)28-4-2)9-21-22(26)25(23(27)32-21)12-15-10-19-20(11-16(15)24)31-13-30-19/h5-6,8-11H,3-4,7,12-13H2,1-2H3/b21-9-. The van der Waals surface area contributed by atoms with Crippen LogP contribution in [0.25, 0.3) is 6.08 Å². The van der Waals surface area contributed by atoms with Crippen LogP contribution in [-0.4, -0.2) is 36.1 Å². The van der Waals surface area contributed by atoms with Crippen LogP contribution in [0, 0.1) is 0 Å². The molecule has 9 heteroatoms. The lowest BCUT2D eigenvalue weighted by molar-refractivity contribution is -0.123. The van der Waals surface area contributed by atoms with E-state index in [0.29, 0.717) is 51.7 Å². The monoisotopic (exact) mass is 475 g/mol. The molecular weight excluding hydrogens is 454 g/mol. The van der Waals surface area contributed by atoms with Crippen LogP contribution in [0.15, 0.2) is 35.2 Å². The highest BCUT2D eigenvalue weighted by molar-refractivity contribution is 8.18. The summed E-state index contributed by atoms with van der Waals surface area (Å²) in [5.74, 6) is 1.96. The van der Waals surface area contributed by atoms with Gasteiger partial charge in [0, 0.05) is 11.1 Å². The van der Waals surface area contributed by atoms with Gasteiger partial charge in [-0.15, -0.1) is 0 Å². The maximum atomic E-state index is 12.9. The van der Waals surface area contributed by atoms with Crippen molar-refractivity contribution in [2.24, 2.45) is 0 Å². The Morgan fingerprint density at radius 3 is 2.62 bits per heavy atom. The molecule has 2 aliphatic rings. The van der Waals surface area contributed by atoms with Gasteiger partial charge in [-0.3, -0.25) is 14.5 Å². The van der Waals surface area contributed by atoms with Gasteiger partial charge in [0.05, 0.1) is 24.7 Å². The molecule has 0 aromatic heterocycles. The highest BCUT2D eigenvalue weighted by Gasteiger charge is 2.35. The van der Waals surface area contributed by atoms with E-state index in [1.807, 2.05) is 26.0 Å². The third-order valence-electron chi connectivity index (χ3n) is 4.77. The molecule has 168 valence electrons. The topological polar surface area (TPSA) is 74.3 Å². The summed E-state index contributed by atoms with van der Waals surface area (Å²) >= 11 is 7.21. The van der Waals surface area contributed by atoms with Crippen LogP contribution in [0.2, 0.25) is 5.02 Å². The quantitative estimate of drug-likeness (QED) is 0.467. The maximum Gasteiger partial charge on any atom is 0.293 e. The molecule has 0 aliphatic carbocycles. The Hall–Kier alpha value is -2.84. The Morgan fingerprint density at radius 1 is 1.09 bits per heavy atom. The smallest absolute Gasteiger partial charge is 0.293 e. The number of amides is 2. The molecule has 4 rings (SSSR count). The molecule has 0 unspecified atom stereocenters. The molecule has 1 fully saturated rings. The van der Waals surface area contributed by atoms with E-state index in [1.54, 1.807) is 24.3 Å². The van der Waals surface area contributed by atoms with Crippen molar-refractivity contribution >= 4 is 40.6 Å². The molecular formula is C23H22ClNO6S. The zero-order chi connectivity index (χ0) is 22.7. The van der Waals surface area contributed by atoms with Gasteiger partial charge in [-0.1, -0.05) is 24.6 Å². The highest BCUT2D eigenvalue weighted by atomic mass is 35.5. The zero-order valence-electron chi connectivity index (χ0n) is 17.7. The Labute approximate surface area is 195 Å². The molecule has 32 heavy (non-hydrogen) atoms. The summed E-state index contributed by atoms with van der Waals surface area (Å²) in [7, 11) is 0. The van der Waals surface area contributed by atoms with Gasteiger partial charge in [0.15, 0.2) is 23.0 Å². The van der Waals surface area contributed by atoms with E-state index in [4.69, 9.17) is 30.5 Å². The number of thioether (sulfide) groups is 1. The summed E-state index contributed by atoms with van der Waals surface area (Å²) in [4.78, 5) is 27.0. The fourth-order valence-electron chi connectivity index (χ4n) is 3.25. The van der Waals surface area contributed by atoms with E-state index in [9.17, 15) is 9.59 Å². The minimum absolute atomic E-state index is 0.0471. The fourth-order valence-corrected chi connectivity index (χ4v) is 4.30. The van der Waals surface area contributed by atoms with Crippen molar-refractivity contribution < 1.29 is 28.5 Å². The Kier molecular flexibility index (Phi) is 6.81. The normalized spacial score (nSPS) is 16.2. The number of hydrogen-bond donors (Lipinski definition) is 0. The summed E-state index contributed by atoms with van der Waals surface area (Å²) in [6.45, 7) is 5.15. The van der Waals surface area contributed by atoms with Crippen LogP contribution in [0.3, 0.4) is 0 Å². The second-order valence-electron chi connectivity index (χ2n) is 7.05. The van der Waals surface area contributed by atoms with E-state index >= 15 is 0 Å². The van der Waals surface area contributed by atoms with Gasteiger partial charge in [0.25, 0.3) is 11.1 Å². The number of rotatable bonds is 8. The second-order valence-corrected chi connectivity index (χ2v) is 8.45. The van der Waals surface area contributed by atoms with E-state index in [2.05, 4.69) is 0 Å². The van der Waals surface area contributed by atoms with Crippen LogP contribution >= 0.6 is 23.4 Å². The summed E-state index contributed by atoms with van der Waals surface area (Å²) in [6.07, 6.45) is 2.56. The van der Waals surface area contributed by atoms with Crippen molar-refractivity contribution in [1.29, 1.82) is 0 Å². The molecule has 2 heterocycles. The van der Waals surface area contributed by atoms with Gasteiger partial charge in [0.1, 0.15) is 0 Å². The molecule has 0 saturated carbocycles. The first-order chi connectivity index (χ1) is 15.5. The minimum Gasteiger partial charge on any atom is -0.490 e. The van der Waals surface area contributed by atoms with E-state index in [1.165, 1.54) is 4.90 Å². The predicted molar refractivity (Wildman–Crippen MR) is 122 cm³/mol. The molecule has 0 atom stereocenters. The van der Waals surface area contributed by atoms with Crippen molar-refractivity contribution in [3.05, 3.63) is 51.4 Å². The number of nitrogens with zero attached hydrogens (tertiary/aromatic N) is 1. The first-order valence-electron chi connectivity index (χ1n) is 10.2. The van der Waals surface area contributed by atoms with Crippen molar-refractivity contribution in [2.75, 3.05) is 20.0 Å². The van der Waals surface area contributed by atoms with Gasteiger partial charge in [-0.25, -0.2) is 0 Å². The molecule has 7 nitrogen and oxygen atoms in total. The Bertz CT molecular complexity index is 1090. The van der Waals surface area contributed by atoms with Crippen LogP contribution in [-0.2, 0) is 11.3 Å². The van der Waals surface area contributed by atoms with Gasteiger partial charge in [-0.2, -0.15) is 0 Å². The van der Waals surface area contributed by atoms with Crippen molar-refractivity contribution in [2.45, 2.75) is 26.8 Å². The third kappa shape index (κ3) is 4.66. The number of carbonyl (C=O) groups excluding carboxylic acids is 2. The lowest BCUT2D eigenvalue weighted by atomic mass is 10.1. The average molecular weight is 476 g/mol. The molecule has 2 aromatic carbocycles. The molecule has 0 bridgehead atoms. The molecule has 2 aliphatic heterocycles. The van der Waals surface area contributed by atoms with Crippen LogP contribution < -0.4 is 18.9 Å². The SMILES string of the molecule is CCCOc1ccc(/C=C2\SC(=O)N(Cc3cc4c(cc3Cl)OCO4)C2=O)cc1OCC. The third-order valence-corrected chi connectivity index (χ3v) is 6.03. The maximum absolute atomic E-state index is 12.9. The number of fused-ring (bicyclic) bond motifs is 1. The number of hydrogen-bond acceptors (Lipinski definition) is 7. The number of imide groups is 1. The second kappa shape index (κ2) is 9.75. The average Bonchev–Trinajstić information content (AvgIpc) is 3.32. The van der Waals surface area contributed by atoms with Gasteiger partial charge in [0.2, 0.25) is 6.79 Å². The summed E-state index contributed by atoms with van der Waals surface area (Å²) < 4.78 is 22.1. The molecule has 0 radical (unpaired) electrons. The van der Waals surface area contributed by atoms with E-state index < -0.39 is 0 Å². The largest absolute Gasteiger partial charge is 0.490 e. The van der Waals surface area contributed by atoms with E-state index in [-0.39, 0.29) is 24.5 Å². The molecule has 1 saturated heterocycles. The van der Waals surface area contributed by atoms with Gasteiger partial charge < -0.3 is 18.9 Å². The lowest BCUT2D eigenvalue weighted by Gasteiger charge is -2.14. The summed E-state index contributed by atoms with van der Waals surface area (Å²) in [5, 5.41) is 0.0456. The summed E-state index contributed by atoms with van der Waals surface area (Å²) in [5.41, 5.74) is 1.35. The fraction of sp³-hybridized carbons (Fsp3) is 0.304. The van der Waals surface area contributed by atoms with Crippen LogP contribution in [0.5, 0.6) is 23.0 Å². The summed E-state index contributed by atoms with van der Waals surface area (Å²) in [6, 6.07) is 8.77. The number of ether oxygens (including phenoxy) is 4.